The summed E-state index contributed by atoms with van der Waals surface area (Å²) in [6.45, 7) is 1.79. The molecule has 1 aromatic rings. The lowest BCUT2D eigenvalue weighted by Gasteiger charge is -2.03. The van der Waals surface area contributed by atoms with E-state index in [4.69, 9.17) is 5.26 Å². The molecule has 0 atom stereocenters. The third-order valence-electron chi connectivity index (χ3n) is 2.47. The molecular formula is C11H10FN. The van der Waals surface area contributed by atoms with E-state index in [1.54, 1.807) is 6.92 Å². The molecule has 0 heterocycles. The van der Waals surface area contributed by atoms with Gasteiger partial charge in [0.1, 0.15) is 11.9 Å². The molecule has 0 bridgehead atoms. The smallest absolute Gasteiger partial charge is 0.141 e. The van der Waals surface area contributed by atoms with E-state index in [1.165, 1.54) is 6.07 Å². The summed E-state index contributed by atoms with van der Waals surface area (Å²) in [5.41, 5.74) is 1.99. The lowest BCUT2D eigenvalue weighted by molar-refractivity contribution is 0.620. The highest BCUT2D eigenvalue weighted by atomic mass is 19.1. The van der Waals surface area contributed by atoms with Gasteiger partial charge in [0.15, 0.2) is 0 Å². The first kappa shape index (κ1) is 8.25. The van der Waals surface area contributed by atoms with Gasteiger partial charge in [-0.1, -0.05) is 6.07 Å². The highest BCUT2D eigenvalue weighted by molar-refractivity contribution is 5.42. The minimum absolute atomic E-state index is 0.185. The average molecular weight is 175 g/mol. The van der Waals surface area contributed by atoms with Crippen molar-refractivity contribution in [2.75, 3.05) is 0 Å². The Morgan fingerprint density at radius 2 is 2.15 bits per heavy atom. The number of halogens is 1. The zero-order valence-electron chi connectivity index (χ0n) is 7.47. The van der Waals surface area contributed by atoms with Crippen LogP contribution in [0.1, 0.15) is 35.4 Å². The molecule has 1 aliphatic rings. The molecule has 66 valence electrons. The van der Waals surface area contributed by atoms with Gasteiger partial charge in [0.25, 0.3) is 0 Å². The lowest BCUT2D eigenvalue weighted by Crippen LogP contribution is -1.92. The summed E-state index contributed by atoms with van der Waals surface area (Å²) in [6, 6.07) is 5.31. The molecule has 2 rings (SSSR count). The second kappa shape index (κ2) is 2.85. The van der Waals surface area contributed by atoms with E-state index in [1.807, 2.05) is 12.1 Å². The van der Waals surface area contributed by atoms with Gasteiger partial charge in [-0.2, -0.15) is 5.26 Å². The first-order valence-corrected chi connectivity index (χ1v) is 4.42. The van der Waals surface area contributed by atoms with Gasteiger partial charge in [-0.15, -0.1) is 0 Å². The minimum atomic E-state index is -0.371. The van der Waals surface area contributed by atoms with Crippen LogP contribution in [-0.4, -0.2) is 0 Å². The topological polar surface area (TPSA) is 23.8 Å². The van der Waals surface area contributed by atoms with Gasteiger partial charge in [-0.05, 0) is 42.9 Å². The Kier molecular flexibility index (Phi) is 1.81. The molecular weight excluding hydrogens is 165 g/mol. The predicted molar refractivity (Wildman–Crippen MR) is 47.8 cm³/mol. The van der Waals surface area contributed by atoms with E-state index < -0.39 is 0 Å². The highest BCUT2D eigenvalue weighted by Crippen LogP contribution is 2.40. The van der Waals surface area contributed by atoms with Gasteiger partial charge >= 0.3 is 0 Å². The van der Waals surface area contributed by atoms with Gasteiger partial charge in [-0.25, -0.2) is 4.39 Å². The zero-order chi connectivity index (χ0) is 9.42. The SMILES string of the molecule is Cc1cc(C2CC2)cc(F)c1C#N. The summed E-state index contributed by atoms with van der Waals surface area (Å²) < 4.78 is 13.3. The van der Waals surface area contributed by atoms with E-state index in [0.29, 0.717) is 5.92 Å². The summed E-state index contributed by atoms with van der Waals surface area (Å²) in [6.07, 6.45) is 2.32. The molecule has 2 heteroatoms. The fraction of sp³-hybridized carbons (Fsp3) is 0.364. The Morgan fingerprint density at radius 1 is 1.46 bits per heavy atom. The summed E-state index contributed by atoms with van der Waals surface area (Å²) in [5, 5.41) is 8.65. The van der Waals surface area contributed by atoms with Crippen LogP contribution in [0.3, 0.4) is 0 Å². The van der Waals surface area contributed by atoms with Crippen molar-refractivity contribution in [2.24, 2.45) is 0 Å². The maximum atomic E-state index is 13.3. The Labute approximate surface area is 76.8 Å². The largest absolute Gasteiger partial charge is 0.206 e. The summed E-state index contributed by atoms with van der Waals surface area (Å²) in [7, 11) is 0. The predicted octanol–water partition coefficient (Wildman–Crippen LogP) is 2.88. The zero-order valence-corrected chi connectivity index (χ0v) is 7.47. The van der Waals surface area contributed by atoms with Crippen molar-refractivity contribution in [1.29, 1.82) is 5.26 Å². The lowest BCUT2D eigenvalue weighted by atomic mass is 10.0. The van der Waals surface area contributed by atoms with Crippen LogP contribution in [-0.2, 0) is 0 Å². The average Bonchev–Trinajstić information content (AvgIpc) is 2.85. The third-order valence-corrected chi connectivity index (χ3v) is 2.47. The molecule has 1 nitrogen and oxygen atoms in total. The quantitative estimate of drug-likeness (QED) is 0.643. The fourth-order valence-corrected chi connectivity index (χ4v) is 1.56. The van der Waals surface area contributed by atoms with Crippen LogP contribution in [0.2, 0.25) is 0 Å². The van der Waals surface area contributed by atoms with Crippen LogP contribution in [0.4, 0.5) is 4.39 Å². The standard InChI is InChI=1S/C11H10FN/c1-7-4-9(8-2-3-8)5-11(12)10(7)6-13/h4-5,8H,2-3H2,1H3. The number of hydrogen-bond acceptors (Lipinski definition) is 1. The van der Waals surface area contributed by atoms with Gasteiger partial charge in [0.2, 0.25) is 0 Å². The molecule has 1 saturated carbocycles. The van der Waals surface area contributed by atoms with E-state index in [0.717, 1.165) is 24.0 Å². The molecule has 0 unspecified atom stereocenters. The van der Waals surface area contributed by atoms with Gasteiger partial charge < -0.3 is 0 Å². The van der Waals surface area contributed by atoms with Gasteiger partial charge in [0, 0.05) is 0 Å². The molecule has 1 fully saturated rings. The highest BCUT2D eigenvalue weighted by Gasteiger charge is 2.24. The van der Waals surface area contributed by atoms with Crippen molar-refractivity contribution in [3.05, 3.63) is 34.6 Å². The fourth-order valence-electron chi connectivity index (χ4n) is 1.56. The second-order valence-corrected chi connectivity index (χ2v) is 3.58. The Morgan fingerprint density at radius 3 is 2.62 bits per heavy atom. The van der Waals surface area contributed by atoms with Crippen molar-refractivity contribution in [2.45, 2.75) is 25.7 Å². The van der Waals surface area contributed by atoms with Gasteiger partial charge in [0.05, 0.1) is 5.56 Å². The molecule has 0 radical (unpaired) electrons. The van der Waals surface area contributed by atoms with Crippen LogP contribution in [0, 0.1) is 24.1 Å². The maximum Gasteiger partial charge on any atom is 0.141 e. The van der Waals surface area contributed by atoms with Crippen molar-refractivity contribution < 1.29 is 4.39 Å². The Bertz CT molecular complexity index is 363. The number of benzene rings is 1. The Hall–Kier alpha value is -1.36. The van der Waals surface area contributed by atoms with Crippen molar-refractivity contribution >= 4 is 0 Å². The molecule has 0 aliphatic heterocycles. The molecule has 0 saturated heterocycles. The minimum Gasteiger partial charge on any atom is -0.206 e. The second-order valence-electron chi connectivity index (χ2n) is 3.58. The number of rotatable bonds is 1. The number of nitriles is 1. The summed E-state index contributed by atoms with van der Waals surface area (Å²) in [4.78, 5) is 0. The monoisotopic (exact) mass is 175 g/mol. The van der Waals surface area contributed by atoms with E-state index >= 15 is 0 Å². The van der Waals surface area contributed by atoms with Crippen molar-refractivity contribution in [3.8, 4) is 6.07 Å². The maximum absolute atomic E-state index is 13.3. The van der Waals surface area contributed by atoms with E-state index in [-0.39, 0.29) is 11.4 Å². The van der Waals surface area contributed by atoms with Crippen LogP contribution < -0.4 is 0 Å². The van der Waals surface area contributed by atoms with Crippen LogP contribution >= 0.6 is 0 Å². The molecule has 0 N–H and O–H groups in total. The van der Waals surface area contributed by atoms with Crippen LogP contribution in [0.25, 0.3) is 0 Å². The number of hydrogen-bond donors (Lipinski definition) is 0. The van der Waals surface area contributed by atoms with E-state index in [9.17, 15) is 4.39 Å². The van der Waals surface area contributed by atoms with Crippen molar-refractivity contribution in [1.82, 2.24) is 0 Å². The first-order chi connectivity index (χ1) is 6.22. The molecule has 1 aromatic carbocycles. The third kappa shape index (κ3) is 1.42. The molecule has 0 spiro atoms. The molecule has 1 aliphatic carbocycles. The van der Waals surface area contributed by atoms with Crippen LogP contribution in [0.15, 0.2) is 12.1 Å². The molecule has 0 aromatic heterocycles. The van der Waals surface area contributed by atoms with Crippen molar-refractivity contribution in [3.63, 3.8) is 0 Å². The molecule has 0 amide bonds. The van der Waals surface area contributed by atoms with Gasteiger partial charge in [-0.3, -0.25) is 0 Å². The Balaban J connectivity index is 2.50. The molecule has 13 heavy (non-hydrogen) atoms. The number of nitrogens with zero attached hydrogens (tertiary/aromatic N) is 1. The van der Waals surface area contributed by atoms with E-state index in [2.05, 4.69) is 0 Å². The number of aryl methyl sites for hydroxylation is 1. The normalized spacial score (nSPS) is 15.5. The summed E-state index contributed by atoms with van der Waals surface area (Å²) >= 11 is 0. The first-order valence-electron chi connectivity index (χ1n) is 4.42. The van der Waals surface area contributed by atoms with Crippen LogP contribution in [0.5, 0.6) is 0 Å². The summed E-state index contributed by atoms with van der Waals surface area (Å²) in [5.74, 6) is 0.172.